The highest BCUT2D eigenvalue weighted by Crippen LogP contribution is 2.22. The number of halogens is 1. The summed E-state index contributed by atoms with van der Waals surface area (Å²) >= 11 is 3.31. The van der Waals surface area contributed by atoms with Crippen molar-refractivity contribution in [3.63, 3.8) is 0 Å². The second-order valence-corrected chi connectivity index (χ2v) is 6.46. The Balaban J connectivity index is 2.61. The van der Waals surface area contributed by atoms with Crippen molar-refractivity contribution in [2.45, 2.75) is 0 Å². The Morgan fingerprint density at radius 2 is 2.13 bits per heavy atom. The number of benzene rings is 1. The van der Waals surface area contributed by atoms with Crippen LogP contribution in [0, 0.1) is 0 Å². The van der Waals surface area contributed by atoms with Crippen LogP contribution in [0.1, 0.15) is 0 Å². The molecule has 0 aliphatic rings. The molecule has 6 heteroatoms. The lowest BCUT2D eigenvalue weighted by Crippen LogP contribution is -2.14. The minimum absolute atomic E-state index is 0.0962. The molecule has 0 saturated heterocycles. The van der Waals surface area contributed by atoms with E-state index in [1.165, 1.54) is 6.26 Å². The molecule has 0 spiro atoms. The van der Waals surface area contributed by atoms with E-state index in [1.807, 2.05) is 12.1 Å². The number of nitrogens with one attached hydrogen (secondary N) is 1. The summed E-state index contributed by atoms with van der Waals surface area (Å²) in [7, 11) is -2.93. The summed E-state index contributed by atoms with van der Waals surface area (Å²) in [6.45, 7) is 0.361. The smallest absolute Gasteiger partial charge is 0.149 e. The monoisotopic (exact) mass is 292 g/mol. The molecule has 0 heterocycles. The molecular formula is C9H13BrN2O2S. The normalized spacial score (nSPS) is 11.3. The van der Waals surface area contributed by atoms with Gasteiger partial charge in [-0.3, -0.25) is 0 Å². The third-order valence-electron chi connectivity index (χ3n) is 1.80. The highest BCUT2D eigenvalue weighted by Gasteiger charge is 2.03. The average molecular weight is 293 g/mol. The topological polar surface area (TPSA) is 72.2 Å². The van der Waals surface area contributed by atoms with Gasteiger partial charge in [0.05, 0.1) is 17.1 Å². The van der Waals surface area contributed by atoms with Crippen LogP contribution in [0.25, 0.3) is 0 Å². The molecule has 1 rings (SSSR count). The predicted molar refractivity (Wildman–Crippen MR) is 66.8 cm³/mol. The fourth-order valence-electron chi connectivity index (χ4n) is 1.05. The van der Waals surface area contributed by atoms with Gasteiger partial charge in [-0.1, -0.05) is 15.9 Å². The minimum atomic E-state index is -2.93. The van der Waals surface area contributed by atoms with E-state index in [9.17, 15) is 8.42 Å². The predicted octanol–water partition coefficient (Wildman–Crippen LogP) is 1.49. The first-order chi connectivity index (χ1) is 6.88. The summed E-state index contributed by atoms with van der Waals surface area (Å²) in [5.74, 6) is 0.0962. The highest BCUT2D eigenvalue weighted by molar-refractivity contribution is 9.10. The molecule has 0 aliphatic heterocycles. The standard InChI is InChI=1S/C9H13BrN2O2S/c1-15(13,14)5-4-12-9-6-7(10)2-3-8(9)11/h2-3,6,12H,4-5,11H2,1H3. The molecule has 0 bridgehead atoms. The van der Waals surface area contributed by atoms with Crippen molar-refractivity contribution >= 4 is 37.1 Å². The maximum Gasteiger partial charge on any atom is 0.149 e. The third kappa shape index (κ3) is 4.53. The van der Waals surface area contributed by atoms with Gasteiger partial charge in [0.2, 0.25) is 0 Å². The molecule has 3 N–H and O–H groups in total. The van der Waals surface area contributed by atoms with Crippen molar-refractivity contribution in [3.05, 3.63) is 22.7 Å². The van der Waals surface area contributed by atoms with Crippen molar-refractivity contribution in [1.82, 2.24) is 0 Å². The van der Waals surface area contributed by atoms with E-state index in [1.54, 1.807) is 6.07 Å². The minimum Gasteiger partial charge on any atom is -0.397 e. The molecule has 4 nitrogen and oxygen atoms in total. The van der Waals surface area contributed by atoms with E-state index in [-0.39, 0.29) is 5.75 Å². The summed E-state index contributed by atoms with van der Waals surface area (Å²) in [5.41, 5.74) is 7.05. The Labute approximate surface area is 97.9 Å². The Morgan fingerprint density at radius 1 is 1.47 bits per heavy atom. The number of hydrogen-bond acceptors (Lipinski definition) is 4. The molecule has 0 aromatic heterocycles. The summed E-state index contributed by atoms with van der Waals surface area (Å²) in [6, 6.07) is 5.40. The van der Waals surface area contributed by atoms with E-state index in [0.717, 1.165) is 10.2 Å². The molecule has 1 aromatic carbocycles. The highest BCUT2D eigenvalue weighted by atomic mass is 79.9. The number of hydrogen-bond donors (Lipinski definition) is 2. The Kier molecular flexibility index (Phi) is 3.98. The van der Waals surface area contributed by atoms with Crippen molar-refractivity contribution in [3.8, 4) is 0 Å². The summed E-state index contributed by atoms with van der Waals surface area (Å²) < 4.78 is 22.7. The molecule has 0 unspecified atom stereocenters. The maximum absolute atomic E-state index is 10.9. The van der Waals surface area contributed by atoms with Crippen LogP contribution in [0.2, 0.25) is 0 Å². The van der Waals surface area contributed by atoms with E-state index >= 15 is 0 Å². The lowest BCUT2D eigenvalue weighted by molar-refractivity contribution is 0.602. The van der Waals surface area contributed by atoms with Gasteiger partial charge in [0, 0.05) is 17.3 Å². The molecule has 0 atom stereocenters. The lowest BCUT2D eigenvalue weighted by Gasteiger charge is -2.08. The first kappa shape index (κ1) is 12.3. The Bertz CT molecular complexity index is 445. The van der Waals surface area contributed by atoms with Gasteiger partial charge in [-0.2, -0.15) is 0 Å². The van der Waals surface area contributed by atoms with E-state index in [2.05, 4.69) is 21.2 Å². The van der Waals surface area contributed by atoms with E-state index < -0.39 is 9.84 Å². The van der Waals surface area contributed by atoms with Crippen molar-refractivity contribution in [2.24, 2.45) is 0 Å². The summed E-state index contributed by atoms with van der Waals surface area (Å²) in [4.78, 5) is 0. The summed E-state index contributed by atoms with van der Waals surface area (Å²) in [6.07, 6.45) is 1.21. The molecule has 1 aromatic rings. The molecular weight excluding hydrogens is 280 g/mol. The zero-order valence-electron chi connectivity index (χ0n) is 8.33. The Hall–Kier alpha value is -0.750. The van der Waals surface area contributed by atoms with Crippen molar-refractivity contribution in [2.75, 3.05) is 29.6 Å². The van der Waals surface area contributed by atoms with Gasteiger partial charge in [0.1, 0.15) is 9.84 Å². The third-order valence-corrected chi connectivity index (χ3v) is 3.24. The SMILES string of the molecule is CS(=O)(=O)CCNc1cc(Br)ccc1N. The number of anilines is 2. The number of sulfone groups is 1. The van der Waals surface area contributed by atoms with Crippen LogP contribution in [-0.4, -0.2) is 27.0 Å². The Morgan fingerprint density at radius 3 is 2.73 bits per heavy atom. The molecule has 0 radical (unpaired) electrons. The molecule has 0 aliphatic carbocycles. The van der Waals surface area contributed by atoms with Crippen LogP contribution >= 0.6 is 15.9 Å². The lowest BCUT2D eigenvalue weighted by atomic mass is 10.3. The molecule has 84 valence electrons. The zero-order valence-corrected chi connectivity index (χ0v) is 10.7. The zero-order chi connectivity index (χ0) is 11.5. The fraction of sp³-hybridized carbons (Fsp3) is 0.333. The number of rotatable bonds is 4. The van der Waals surface area contributed by atoms with Gasteiger partial charge < -0.3 is 11.1 Å². The van der Waals surface area contributed by atoms with Crippen molar-refractivity contribution < 1.29 is 8.42 Å². The average Bonchev–Trinajstić information content (AvgIpc) is 2.09. The van der Waals surface area contributed by atoms with Crippen LogP contribution < -0.4 is 11.1 Å². The molecule has 0 amide bonds. The summed E-state index contributed by atoms with van der Waals surface area (Å²) in [5, 5.41) is 2.98. The molecule has 15 heavy (non-hydrogen) atoms. The van der Waals surface area contributed by atoms with Gasteiger partial charge >= 0.3 is 0 Å². The van der Waals surface area contributed by atoms with Gasteiger partial charge in [0.15, 0.2) is 0 Å². The molecule has 0 saturated carbocycles. The van der Waals surface area contributed by atoms with Crippen LogP contribution in [0.3, 0.4) is 0 Å². The number of nitrogen functional groups attached to an aromatic ring is 1. The fourth-order valence-corrected chi connectivity index (χ4v) is 1.89. The largest absolute Gasteiger partial charge is 0.397 e. The van der Waals surface area contributed by atoms with Gasteiger partial charge in [-0.25, -0.2) is 8.42 Å². The number of nitrogens with two attached hydrogens (primary N) is 1. The quantitative estimate of drug-likeness (QED) is 0.825. The van der Waals surface area contributed by atoms with Gasteiger partial charge in [0.25, 0.3) is 0 Å². The van der Waals surface area contributed by atoms with Crippen LogP contribution in [0.5, 0.6) is 0 Å². The van der Waals surface area contributed by atoms with Crippen LogP contribution in [-0.2, 0) is 9.84 Å². The van der Waals surface area contributed by atoms with Crippen LogP contribution in [0.4, 0.5) is 11.4 Å². The van der Waals surface area contributed by atoms with Gasteiger partial charge in [-0.05, 0) is 18.2 Å². The maximum atomic E-state index is 10.9. The van der Waals surface area contributed by atoms with Gasteiger partial charge in [-0.15, -0.1) is 0 Å². The van der Waals surface area contributed by atoms with E-state index in [4.69, 9.17) is 5.73 Å². The second-order valence-electron chi connectivity index (χ2n) is 3.29. The van der Waals surface area contributed by atoms with Crippen molar-refractivity contribution in [1.29, 1.82) is 0 Å². The molecule has 0 fully saturated rings. The second kappa shape index (κ2) is 4.85. The first-order valence-electron chi connectivity index (χ1n) is 4.35. The van der Waals surface area contributed by atoms with E-state index in [0.29, 0.717) is 12.2 Å². The first-order valence-corrected chi connectivity index (χ1v) is 7.20. The van der Waals surface area contributed by atoms with Crippen LogP contribution in [0.15, 0.2) is 22.7 Å².